The van der Waals surface area contributed by atoms with Gasteiger partial charge in [0, 0.05) is 38.1 Å². The monoisotopic (exact) mass is 357 g/mol. The van der Waals surface area contributed by atoms with E-state index in [0.29, 0.717) is 19.1 Å². The van der Waals surface area contributed by atoms with Gasteiger partial charge in [-0.15, -0.1) is 0 Å². The van der Waals surface area contributed by atoms with Gasteiger partial charge in [0.2, 0.25) is 5.91 Å². The lowest BCUT2D eigenvalue weighted by Crippen LogP contribution is -2.40. The van der Waals surface area contributed by atoms with Crippen molar-refractivity contribution >= 4 is 5.91 Å². The molecule has 0 radical (unpaired) electrons. The van der Waals surface area contributed by atoms with Crippen molar-refractivity contribution in [2.45, 2.75) is 38.8 Å². The lowest BCUT2D eigenvalue weighted by molar-refractivity contribution is -0.131. The van der Waals surface area contributed by atoms with Crippen molar-refractivity contribution in [3.8, 4) is 5.75 Å². The summed E-state index contributed by atoms with van der Waals surface area (Å²) in [7, 11) is 3.33. The summed E-state index contributed by atoms with van der Waals surface area (Å²) in [6.45, 7) is 4.14. The Kier molecular flexibility index (Phi) is 5.93. The highest BCUT2D eigenvalue weighted by atomic mass is 16.5. The quantitative estimate of drug-likeness (QED) is 0.798. The average Bonchev–Trinajstić information content (AvgIpc) is 3.02. The van der Waals surface area contributed by atoms with Crippen molar-refractivity contribution < 1.29 is 14.3 Å². The first-order valence-corrected chi connectivity index (χ1v) is 9.04. The molecule has 0 atom stereocenters. The van der Waals surface area contributed by atoms with Crippen LogP contribution in [0.15, 0.2) is 30.5 Å². The molecule has 0 N–H and O–H groups in total. The highest BCUT2D eigenvalue weighted by molar-refractivity contribution is 5.79. The predicted molar refractivity (Wildman–Crippen MR) is 99.2 cm³/mol. The molecule has 1 saturated heterocycles. The fraction of sp³-hybridized carbons (Fsp3) is 0.500. The lowest BCUT2D eigenvalue weighted by Gasteiger charge is -2.34. The number of nitrogens with zero attached hydrogens (tertiary/aromatic N) is 3. The second kappa shape index (κ2) is 8.36. The van der Waals surface area contributed by atoms with Gasteiger partial charge in [-0.25, -0.2) is 4.98 Å². The number of hydrogen-bond acceptors (Lipinski definition) is 4. The number of imidazole rings is 1. The number of aryl methyl sites for hydroxylation is 1. The SMILES string of the molecule is COCc1ncc(C)n1C1CCN(C(=O)Cc2cccc(OC)c2)CC1. The van der Waals surface area contributed by atoms with Gasteiger partial charge in [-0.3, -0.25) is 4.79 Å². The fourth-order valence-electron chi connectivity index (χ4n) is 3.67. The van der Waals surface area contributed by atoms with E-state index in [2.05, 4.69) is 16.5 Å². The maximum atomic E-state index is 12.6. The van der Waals surface area contributed by atoms with Crippen molar-refractivity contribution in [1.82, 2.24) is 14.5 Å². The van der Waals surface area contributed by atoms with Crippen LogP contribution in [-0.2, 0) is 22.6 Å². The summed E-state index contributed by atoms with van der Waals surface area (Å²) >= 11 is 0. The molecule has 0 bridgehead atoms. The summed E-state index contributed by atoms with van der Waals surface area (Å²) in [6.07, 6.45) is 4.20. The topological polar surface area (TPSA) is 56.6 Å². The minimum atomic E-state index is 0.177. The van der Waals surface area contributed by atoms with Crippen LogP contribution in [0.4, 0.5) is 0 Å². The normalized spacial score (nSPS) is 15.3. The summed E-state index contributed by atoms with van der Waals surface area (Å²) in [4.78, 5) is 19.1. The number of benzene rings is 1. The van der Waals surface area contributed by atoms with E-state index in [4.69, 9.17) is 9.47 Å². The van der Waals surface area contributed by atoms with Gasteiger partial charge in [-0.2, -0.15) is 0 Å². The molecular weight excluding hydrogens is 330 g/mol. The molecule has 1 fully saturated rings. The zero-order valence-electron chi connectivity index (χ0n) is 15.8. The van der Waals surface area contributed by atoms with E-state index in [-0.39, 0.29) is 5.91 Å². The van der Waals surface area contributed by atoms with Gasteiger partial charge in [-0.1, -0.05) is 12.1 Å². The van der Waals surface area contributed by atoms with Crippen LogP contribution in [0.2, 0.25) is 0 Å². The predicted octanol–water partition coefficient (Wildman–Crippen LogP) is 2.75. The number of carbonyl (C=O) groups excluding carboxylic acids is 1. The van der Waals surface area contributed by atoms with Crippen LogP contribution in [0.25, 0.3) is 0 Å². The number of carbonyl (C=O) groups is 1. The highest BCUT2D eigenvalue weighted by Gasteiger charge is 2.26. The minimum absolute atomic E-state index is 0.177. The van der Waals surface area contributed by atoms with Crippen molar-refractivity contribution in [3.63, 3.8) is 0 Å². The van der Waals surface area contributed by atoms with Crippen molar-refractivity contribution in [3.05, 3.63) is 47.5 Å². The largest absolute Gasteiger partial charge is 0.497 e. The number of methoxy groups -OCH3 is 2. The molecule has 1 aliphatic heterocycles. The number of ether oxygens (including phenoxy) is 2. The average molecular weight is 357 g/mol. The van der Waals surface area contributed by atoms with Crippen LogP contribution in [-0.4, -0.2) is 47.7 Å². The Labute approximate surface area is 154 Å². The Hall–Kier alpha value is -2.34. The molecule has 6 heteroatoms. The van der Waals surface area contributed by atoms with Crippen molar-refractivity contribution in [2.75, 3.05) is 27.3 Å². The van der Waals surface area contributed by atoms with Crippen LogP contribution in [0.1, 0.15) is 36.0 Å². The van der Waals surface area contributed by atoms with Gasteiger partial charge in [0.1, 0.15) is 18.2 Å². The fourth-order valence-corrected chi connectivity index (χ4v) is 3.67. The van der Waals surface area contributed by atoms with Crippen LogP contribution < -0.4 is 4.74 Å². The molecular formula is C20H27N3O3. The Balaban J connectivity index is 1.59. The molecule has 0 saturated carbocycles. The Morgan fingerprint density at radius 2 is 2.04 bits per heavy atom. The Bertz CT molecular complexity index is 749. The van der Waals surface area contributed by atoms with E-state index in [9.17, 15) is 4.79 Å². The zero-order valence-corrected chi connectivity index (χ0v) is 15.8. The standard InChI is InChI=1S/C20H27N3O3/c1-15-13-21-19(14-25-2)23(15)17-7-9-22(10-8-17)20(24)12-16-5-4-6-18(11-16)26-3/h4-6,11,13,17H,7-10,12,14H2,1-3H3. The number of aromatic nitrogens is 2. The van der Waals surface area contributed by atoms with Gasteiger partial charge < -0.3 is 18.9 Å². The molecule has 1 aromatic heterocycles. The lowest BCUT2D eigenvalue weighted by atomic mass is 10.0. The number of hydrogen-bond donors (Lipinski definition) is 0. The van der Waals surface area contributed by atoms with E-state index >= 15 is 0 Å². The molecule has 26 heavy (non-hydrogen) atoms. The summed E-state index contributed by atoms with van der Waals surface area (Å²) < 4.78 is 12.8. The molecule has 0 unspecified atom stereocenters. The minimum Gasteiger partial charge on any atom is -0.497 e. The summed E-state index contributed by atoms with van der Waals surface area (Å²) in [5.74, 6) is 1.93. The number of rotatable bonds is 6. The van der Waals surface area contributed by atoms with Crippen LogP contribution in [0.5, 0.6) is 5.75 Å². The molecule has 6 nitrogen and oxygen atoms in total. The number of amides is 1. The first kappa shape index (κ1) is 18.5. The Morgan fingerprint density at radius 1 is 1.27 bits per heavy atom. The van der Waals surface area contributed by atoms with Crippen LogP contribution in [0.3, 0.4) is 0 Å². The summed E-state index contributed by atoms with van der Waals surface area (Å²) in [5, 5.41) is 0. The first-order chi connectivity index (χ1) is 12.6. The molecule has 2 heterocycles. The summed E-state index contributed by atoms with van der Waals surface area (Å²) in [6, 6.07) is 8.09. The first-order valence-electron chi connectivity index (χ1n) is 9.04. The smallest absolute Gasteiger partial charge is 0.226 e. The maximum Gasteiger partial charge on any atom is 0.226 e. The molecule has 1 amide bonds. The third-order valence-corrected chi connectivity index (χ3v) is 5.00. The van der Waals surface area contributed by atoms with Gasteiger partial charge >= 0.3 is 0 Å². The molecule has 1 aliphatic rings. The second-order valence-corrected chi connectivity index (χ2v) is 6.76. The van der Waals surface area contributed by atoms with Gasteiger partial charge in [0.05, 0.1) is 13.5 Å². The molecule has 0 spiro atoms. The third kappa shape index (κ3) is 4.07. The van der Waals surface area contributed by atoms with Crippen LogP contribution >= 0.6 is 0 Å². The number of piperidine rings is 1. The van der Waals surface area contributed by atoms with E-state index in [1.807, 2.05) is 35.4 Å². The van der Waals surface area contributed by atoms with Crippen molar-refractivity contribution in [2.24, 2.45) is 0 Å². The molecule has 0 aliphatic carbocycles. The van der Waals surface area contributed by atoms with Crippen molar-refractivity contribution in [1.29, 1.82) is 0 Å². The Morgan fingerprint density at radius 3 is 2.73 bits per heavy atom. The van der Waals surface area contributed by atoms with Gasteiger partial charge in [-0.05, 0) is 37.5 Å². The molecule has 3 rings (SSSR count). The van der Waals surface area contributed by atoms with E-state index < -0.39 is 0 Å². The molecule has 1 aromatic carbocycles. The van der Waals surface area contributed by atoms with E-state index in [1.165, 1.54) is 0 Å². The third-order valence-electron chi connectivity index (χ3n) is 5.00. The molecule has 2 aromatic rings. The maximum absolute atomic E-state index is 12.6. The summed E-state index contributed by atoms with van der Waals surface area (Å²) in [5.41, 5.74) is 2.14. The van der Waals surface area contributed by atoms with Crippen LogP contribution in [0, 0.1) is 6.92 Å². The highest BCUT2D eigenvalue weighted by Crippen LogP contribution is 2.26. The van der Waals surface area contributed by atoms with E-state index in [1.54, 1.807) is 14.2 Å². The zero-order chi connectivity index (χ0) is 18.5. The van der Waals surface area contributed by atoms with E-state index in [0.717, 1.165) is 48.8 Å². The molecule has 140 valence electrons. The van der Waals surface area contributed by atoms with Gasteiger partial charge in [0.15, 0.2) is 0 Å². The second-order valence-electron chi connectivity index (χ2n) is 6.76. The van der Waals surface area contributed by atoms with Gasteiger partial charge in [0.25, 0.3) is 0 Å². The number of likely N-dealkylation sites (tertiary alicyclic amines) is 1.